The first-order valence-corrected chi connectivity index (χ1v) is 10.2. The van der Waals surface area contributed by atoms with Crippen LogP contribution in [0.1, 0.15) is 12.8 Å². The summed E-state index contributed by atoms with van der Waals surface area (Å²) in [6, 6.07) is 13.9. The lowest BCUT2D eigenvalue weighted by molar-refractivity contribution is -0.169. The van der Waals surface area contributed by atoms with Crippen molar-refractivity contribution in [3.05, 3.63) is 42.5 Å². The Balaban J connectivity index is 1.61. The number of hydrogen-bond acceptors (Lipinski definition) is 7. The molecule has 3 aromatic rings. The Morgan fingerprint density at radius 2 is 1.57 bits per heavy atom. The van der Waals surface area contributed by atoms with E-state index < -0.39 is 5.79 Å². The molecule has 1 aromatic heterocycles. The Labute approximate surface area is 175 Å². The minimum atomic E-state index is -0.428. The number of fused-ring (bicyclic) bond motifs is 1. The molecule has 5 rings (SSSR count). The fourth-order valence-corrected chi connectivity index (χ4v) is 4.24. The van der Waals surface area contributed by atoms with Gasteiger partial charge in [-0.2, -0.15) is 0 Å². The number of methoxy groups -OCH3 is 2. The molecule has 7 heteroatoms. The number of piperidine rings is 1. The summed E-state index contributed by atoms with van der Waals surface area (Å²) in [7, 11) is 3.28. The first-order chi connectivity index (χ1) is 14.7. The number of rotatable bonds is 4. The third kappa shape index (κ3) is 3.34. The van der Waals surface area contributed by atoms with Crippen LogP contribution in [0, 0.1) is 0 Å². The molecule has 0 unspecified atom stereocenters. The summed E-state index contributed by atoms with van der Waals surface area (Å²) in [6.07, 6.45) is 1.62. The topological polar surface area (TPSA) is 65.9 Å². The zero-order valence-corrected chi connectivity index (χ0v) is 17.3. The molecule has 0 amide bonds. The number of ether oxygens (including phenoxy) is 4. The smallest absolute Gasteiger partial charge is 0.171 e. The van der Waals surface area contributed by atoms with Gasteiger partial charge in [0.25, 0.3) is 0 Å². The maximum atomic E-state index is 5.89. The Hall–Kier alpha value is -2.90. The van der Waals surface area contributed by atoms with Crippen LogP contribution in [-0.4, -0.2) is 56.3 Å². The lowest BCUT2D eigenvalue weighted by atomic mass is 10.0. The fraction of sp³-hybridized carbons (Fsp3) is 0.391. The molecule has 2 aromatic carbocycles. The minimum Gasteiger partial charge on any atom is -0.493 e. The predicted octanol–water partition coefficient (Wildman–Crippen LogP) is 3.66. The third-order valence-electron chi connectivity index (χ3n) is 5.85. The lowest BCUT2D eigenvalue weighted by Crippen LogP contribution is -2.45. The standard InChI is InChI=1S/C23H25N3O4/c1-27-19-14-17-18(15-20(19)28-2)24-21(16-6-4-3-5-7-16)25-22(17)26-10-8-23(9-11-26)29-12-13-30-23/h3-7,14-15H,8-13H2,1-2H3. The Morgan fingerprint density at radius 3 is 2.23 bits per heavy atom. The van der Waals surface area contributed by atoms with Crippen molar-refractivity contribution < 1.29 is 18.9 Å². The summed E-state index contributed by atoms with van der Waals surface area (Å²) < 4.78 is 22.8. The second-order valence-electron chi connectivity index (χ2n) is 7.56. The van der Waals surface area contributed by atoms with Crippen LogP contribution < -0.4 is 14.4 Å². The van der Waals surface area contributed by atoms with Crippen LogP contribution in [0.5, 0.6) is 11.5 Å². The van der Waals surface area contributed by atoms with Gasteiger partial charge in [0.1, 0.15) is 5.82 Å². The quantitative estimate of drug-likeness (QED) is 0.654. The maximum absolute atomic E-state index is 5.89. The van der Waals surface area contributed by atoms with Crippen molar-refractivity contribution in [3.63, 3.8) is 0 Å². The second kappa shape index (κ2) is 7.74. The zero-order chi connectivity index (χ0) is 20.6. The summed E-state index contributed by atoms with van der Waals surface area (Å²) in [5.74, 6) is 2.48. The van der Waals surface area contributed by atoms with E-state index in [0.717, 1.165) is 48.2 Å². The van der Waals surface area contributed by atoms with Crippen molar-refractivity contribution in [3.8, 4) is 22.9 Å². The Bertz CT molecular complexity index is 1040. The molecule has 0 aliphatic carbocycles. The largest absolute Gasteiger partial charge is 0.493 e. The first kappa shape index (κ1) is 19.1. The normalized spacial score (nSPS) is 18.1. The summed E-state index contributed by atoms with van der Waals surface area (Å²) in [4.78, 5) is 12.1. The van der Waals surface area contributed by atoms with E-state index in [9.17, 15) is 0 Å². The molecule has 2 fully saturated rings. The predicted molar refractivity (Wildman–Crippen MR) is 114 cm³/mol. The van der Waals surface area contributed by atoms with Gasteiger partial charge in [-0.15, -0.1) is 0 Å². The monoisotopic (exact) mass is 407 g/mol. The summed E-state index contributed by atoms with van der Waals surface area (Å²) in [5.41, 5.74) is 1.80. The van der Waals surface area contributed by atoms with Crippen LogP contribution in [0.2, 0.25) is 0 Å². The second-order valence-corrected chi connectivity index (χ2v) is 7.56. The van der Waals surface area contributed by atoms with Gasteiger partial charge in [0, 0.05) is 42.9 Å². The molecule has 7 nitrogen and oxygen atoms in total. The highest BCUT2D eigenvalue weighted by Gasteiger charge is 2.40. The van der Waals surface area contributed by atoms with Gasteiger partial charge in [-0.05, 0) is 6.07 Å². The molecule has 1 spiro atoms. The summed E-state index contributed by atoms with van der Waals surface area (Å²) in [5, 5.41) is 0.941. The van der Waals surface area contributed by atoms with E-state index >= 15 is 0 Å². The average Bonchev–Trinajstić information content (AvgIpc) is 3.26. The molecule has 0 saturated carbocycles. The van der Waals surface area contributed by atoms with Gasteiger partial charge >= 0.3 is 0 Å². The molecule has 3 heterocycles. The van der Waals surface area contributed by atoms with Crippen LogP contribution in [-0.2, 0) is 9.47 Å². The highest BCUT2D eigenvalue weighted by molar-refractivity contribution is 5.93. The minimum absolute atomic E-state index is 0.428. The number of anilines is 1. The Morgan fingerprint density at radius 1 is 0.900 bits per heavy atom. The van der Waals surface area contributed by atoms with Crippen LogP contribution in [0.4, 0.5) is 5.82 Å². The van der Waals surface area contributed by atoms with Crippen molar-refractivity contribution in [1.82, 2.24) is 9.97 Å². The third-order valence-corrected chi connectivity index (χ3v) is 5.85. The number of nitrogens with zero attached hydrogens (tertiary/aromatic N) is 3. The van der Waals surface area contributed by atoms with Crippen LogP contribution in [0.3, 0.4) is 0 Å². The Kier molecular flexibility index (Phi) is 4.92. The first-order valence-electron chi connectivity index (χ1n) is 10.2. The molecule has 2 aliphatic heterocycles. The molecule has 2 saturated heterocycles. The molecule has 0 radical (unpaired) electrons. The van der Waals surface area contributed by atoms with Crippen molar-refractivity contribution >= 4 is 16.7 Å². The molecular formula is C23H25N3O4. The molecule has 0 bridgehead atoms. The van der Waals surface area contributed by atoms with Crippen LogP contribution in [0.15, 0.2) is 42.5 Å². The molecule has 2 aliphatic rings. The highest BCUT2D eigenvalue weighted by Crippen LogP contribution is 2.39. The van der Waals surface area contributed by atoms with Gasteiger partial charge in [-0.1, -0.05) is 30.3 Å². The van der Waals surface area contributed by atoms with Crippen LogP contribution >= 0.6 is 0 Å². The van der Waals surface area contributed by atoms with Gasteiger partial charge in [0.15, 0.2) is 23.1 Å². The van der Waals surface area contributed by atoms with Crippen molar-refractivity contribution in [2.45, 2.75) is 18.6 Å². The van der Waals surface area contributed by atoms with Gasteiger partial charge in [0.05, 0.1) is 33.0 Å². The summed E-state index contributed by atoms with van der Waals surface area (Å²) in [6.45, 7) is 2.94. The van der Waals surface area contributed by atoms with E-state index in [-0.39, 0.29) is 0 Å². The van der Waals surface area contributed by atoms with Crippen molar-refractivity contribution in [1.29, 1.82) is 0 Å². The molecule has 30 heavy (non-hydrogen) atoms. The van der Waals surface area contributed by atoms with E-state index in [1.807, 2.05) is 42.5 Å². The molecular weight excluding hydrogens is 382 g/mol. The van der Waals surface area contributed by atoms with Crippen LogP contribution in [0.25, 0.3) is 22.3 Å². The van der Waals surface area contributed by atoms with Gasteiger partial charge in [0.2, 0.25) is 0 Å². The molecule has 156 valence electrons. The SMILES string of the molecule is COc1cc2nc(-c3ccccc3)nc(N3CCC4(CC3)OCCO4)c2cc1OC. The fourth-order valence-electron chi connectivity index (χ4n) is 4.24. The van der Waals surface area contributed by atoms with Crippen molar-refractivity contribution in [2.75, 3.05) is 45.4 Å². The molecule has 0 N–H and O–H groups in total. The van der Waals surface area contributed by atoms with E-state index in [0.29, 0.717) is 30.5 Å². The number of hydrogen-bond donors (Lipinski definition) is 0. The zero-order valence-electron chi connectivity index (χ0n) is 17.3. The summed E-state index contributed by atoms with van der Waals surface area (Å²) >= 11 is 0. The van der Waals surface area contributed by atoms with Crippen molar-refractivity contribution in [2.24, 2.45) is 0 Å². The van der Waals surface area contributed by atoms with E-state index in [1.54, 1.807) is 14.2 Å². The van der Waals surface area contributed by atoms with Gasteiger partial charge in [-0.25, -0.2) is 9.97 Å². The van der Waals surface area contributed by atoms with E-state index in [4.69, 9.17) is 28.9 Å². The van der Waals surface area contributed by atoms with Gasteiger partial charge < -0.3 is 23.8 Å². The van der Waals surface area contributed by atoms with E-state index in [2.05, 4.69) is 4.90 Å². The highest BCUT2D eigenvalue weighted by atomic mass is 16.7. The maximum Gasteiger partial charge on any atom is 0.171 e. The lowest BCUT2D eigenvalue weighted by Gasteiger charge is -2.38. The average molecular weight is 407 g/mol. The molecule has 0 atom stereocenters. The number of aromatic nitrogens is 2. The number of benzene rings is 2. The van der Waals surface area contributed by atoms with E-state index in [1.165, 1.54) is 0 Å². The van der Waals surface area contributed by atoms with Gasteiger partial charge in [-0.3, -0.25) is 0 Å².